The van der Waals surface area contributed by atoms with Gasteiger partial charge in [-0.3, -0.25) is 4.79 Å². The van der Waals surface area contributed by atoms with Crippen LogP contribution in [0.3, 0.4) is 0 Å². The summed E-state index contributed by atoms with van der Waals surface area (Å²) >= 11 is 0. The number of para-hydroxylation sites is 1. The van der Waals surface area contributed by atoms with E-state index in [1.165, 1.54) is 30.4 Å². The molecular weight excluding hydrogens is 324 g/mol. The molecule has 120 valence electrons. The molecule has 7 heteroatoms. The summed E-state index contributed by atoms with van der Waals surface area (Å²) in [5, 5.41) is 2.30. The lowest BCUT2D eigenvalue weighted by atomic mass is 10.2. The highest BCUT2D eigenvalue weighted by Gasteiger charge is 2.29. The molecule has 0 bridgehead atoms. The molecule has 0 aromatic heterocycles. The zero-order chi connectivity index (χ0) is 16.9. The van der Waals surface area contributed by atoms with E-state index in [-0.39, 0.29) is 5.69 Å². The smallest absolute Gasteiger partial charge is 0.321 e. The summed E-state index contributed by atoms with van der Waals surface area (Å²) in [7, 11) is -4.79. The molecule has 0 spiro atoms. The van der Waals surface area contributed by atoms with Crippen LogP contribution < -0.4 is 5.32 Å². The molecule has 0 unspecified atom stereocenters. The Morgan fingerprint density at radius 3 is 2.26 bits per heavy atom. The average molecular weight is 337 g/mol. The highest BCUT2D eigenvalue weighted by Crippen LogP contribution is 2.26. The molecule has 0 aliphatic heterocycles. The molecule has 0 fully saturated rings. The Hall–Kier alpha value is -2.54. The molecular formula is C16H13F2NO3S. The van der Waals surface area contributed by atoms with Crippen molar-refractivity contribution in [2.24, 2.45) is 0 Å². The standard InChI is InChI=1S/C16H13F2NO3S/c17-16(18)23(21,22)14-9-5-4-8-13(14)19-15(20)11-10-12-6-2-1-3-7-12/h1-11,16H,(H,19,20). The van der Waals surface area contributed by atoms with Crippen LogP contribution in [0.1, 0.15) is 5.56 Å². The Balaban J connectivity index is 2.21. The fourth-order valence-corrected chi connectivity index (χ4v) is 2.71. The lowest BCUT2D eigenvalue weighted by Crippen LogP contribution is -2.16. The largest absolute Gasteiger partial charge is 0.341 e. The van der Waals surface area contributed by atoms with E-state index in [1.54, 1.807) is 24.3 Å². The number of nitrogens with one attached hydrogen (secondary N) is 1. The first kappa shape index (κ1) is 16.8. The van der Waals surface area contributed by atoms with Gasteiger partial charge >= 0.3 is 5.76 Å². The van der Waals surface area contributed by atoms with Crippen LogP contribution in [0, 0.1) is 0 Å². The second-order valence-corrected chi connectivity index (χ2v) is 6.42. The summed E-state index contributed by atoms with van der Waals surface area (Å²) in [5.41, 5.74) is 0.589. The molecule has 0 aliphatic rings. The molecule has 23 heavy (non-hydrogen) atoms. The third-order valence-corrected chi connectivity index (χ3v) is 4.35. The van der Waals surface area contributed by atoms with E-state index in [1.807, 2.05) is 6.07 Å². The van der Waals surface area contributed by atoms with Crippen LogP contribution in [-0.4, -0.2) is 20.1 Å². The van der Waals surface area contributed by atoms with E-state index in [4.69, 9.17) is 0 Å². The van der Waals surface area contributed by atoms with Crippen molar-refractivity contribution >= 4 is 27.5 Å². The average Bonchev–Trinajstić information content (AvgIpc) is 2.54. The van der Waals surface area contributed by atoms with Gasteiger partial charge in [0.25, 0.3) is 0 Å². The number of alkyl halides is 2. The minimum atomic E-state index is -4.79. The van der Waals surface area contributed by atoms with Crippen LogP contribution in [0.25, 0.3) is 6.08 Å². The van der Waals surface area contributed by atoms with Gasteiger partial charge in [-0.25, -0.2) is 8.42 Å². The van der Waals surface area contributed by atoms with E-state index in [0.29, 0.717) is 0 Å². The Bertz CT molecular complexity index is 818. The van der Waals surface area contributed by atoms with Crippen LogP contribution in [-0.2, 0) is 14.6 Å². The van der Waals surface area contributed by atoms with Crippen LogP contribution >= 0.6 is 0 Å². The predicted molar refractivity (Wildman–Crippen MR) is 83.7 cm³/mol. The molecule has 0 heterocycles. The van der Waals surface area contributed by atoms with Gasteiger partial charge in [0.1, 0.15) is 0 Å². The van der Waals surface area contributed by atoms with Crippen molar-refractivity contribution in [1.29, 1.82) is 0 Å². The Labute approximate surface area is 132 Å². The maximum atomic E-state index is 12.7. The molecule has 0 saturated heterocycles. The van der Waals surface area contributed by atoms with E-state index >= 15 is 0 Å². The van der Waals surface area contributed by atoms with E-state index < -0.39 is 26.4 Å². The van der Waals surface area contributed by atoms with Crippen LogP contribution in [0.5, 0.6) is 0 Å². The normalized spacial score (nSPS) is 11.8. The molecule has 2 aromatic carbocycles. The first-order valence-electron chi connectivity index (χ1n) is 6.56. The van der Waals surface area contributed by atoms with Crippen molar-refractivity contribution in [1.82, 2.24) is 0 Å². The molecule has 1 N–H and O–H groups in total. The molecule has 2 rings (SSSR count). The molecule has 2 aromatic rings. The van der Waals surface area contributed by atoms with Gasteiger partial charge in [-0.1, -0.05) is 42.5 Å². The number of amides is 1. The number of hydrogen-bond donors (Lipinski definition) is 1. The van der Waals surface area contributed by atoms with Crippen molar-refractivity contribution < 1.29 is 22.0 Å². The highest BCUT2D eigenvalue weighted by molar-refractivity contribution is 7.91. The Morgan fingerprint density at radius 1 is 1.00 bits per heavy atom. The first-order valence-corrected chi connectivity index (χ1v) is 8.11. The van der Waals surface area contributed by atoms with Gasteiger partial charge < -0.3 is 5.32 Å². The van der Waals surface area contributed by atoms with Gasteiger partial charge in [-0.2, -0.15) is 8.78 Å². The number of sulfone groups is 1. The van der Waals surface area contributed by atoms with Crippen LogP contribution in [0.2, 0.25) is 0 Å². The number of anilines is 1. The van der Waals surface area contributed by atoms with E-state index in [2.05, 4.69) is 5.32 Å². The summed E-state index contributed by atoms with van der Waals surface area (Å²) in [6, 6.07) is 14.0. The topological polar surface area (TPSA) is 63.2 Å². The van der Waals surface area contributed by atoms with E-state index in [0.717, 1.165) is 11.6 Å². The predicted octanol–water partition coefficient (Wildman–Crippen LogP) is 3.33. The van der Waals surface area contributed by atoms with Gasteiger partial charge in [-0.05, 0) is 23.8 Å². The maximum absolute atomic E-state index is 12.7. The zero-order valence-corrected chi connectivity index (χ0v) is 12.6. The molecule has 0 aliphatic carbocycles. The summed E-state index contributed by atoms with van der Waals surface area (Å²) in [6.45, 7) is 0. The van der Waals surface area contributed by atoms with Crippen LogP contribution in [0.4, 0.5) is 14.5 Å². The number of hydrogen-bond acceptors (Lipinski definition) is 3. The molecule has 0 saturated carbocycles. The second kappa shape index (κ2) is 7.15. The fraction of sp³-hybridized carbons (Fsp3) is 0.0625. The Kier molecular flexibility index (Phi) is 5.23. The van der Waals surface area contributed by atoms with Gasteiger partial charge in [0.05, 0.1) is 10.6 Å². The van der Waals surface area contributed by atoms with Crippen molar-refractivity contribution in [3.8, 4) is 0 Å². The van der Waals surface area contributed by atoms with Crippen molar-refractivity contribution in [3.63, 3.8) is 0 Å². The van der Waals surface area contributed by atoms with Gasteiger partial charge in [-0.15, -0.1) is 0 Å². The third kappa shape index (κ3) is 4.23. The minimum absolute atomic E-state index is 0.185. The fourth-order valence-electron chi connectivity index (χ4n) is 1.82. The number of rotatable bonds is 5. The molecule has 1 amide bonds. The lowest BCUT2D eigenvalue weighted by molar-refractivity contribution is -0.111. The number of halogens is 2. The number of carbonyl (C=O) groups excluding carboxylic acids is 1. The minimum Gasteiger partial charge on any atom is -0.321 e. The Morgan fingerprint density at radius 2 is 1.61 bits per heavy atom. The zero-order valence-electron chi connectivity index (χ0n) is 11.8. The number of carbonyl (C=O) groups is 1. The van der Waals surface area contributed by atoms with Crippen molar-refractivity contribution in [2.75, 3.05) is 5.32 Å². The highest BCUT2D eigenvalue weighted by atomic mass is 32.2. The molecule has 0 radical (unpaired) electrons. The van der Waals surface area contributed by atoms with Crippen molar-refractivity contribution in [2.45, 2.75) is 10.7 Å². The number of benzene rings is 2. The van der Waals surface area contributed by atoms with Gasteiger partial charge in [0, 0.05) is 6.08 Å². The van der Waals surface area contributed by atoms with Gasteiger partial charge in [0.2, 0.25) is 15.7 Å². The van der Waals surface area contributed by atoms with Crippen LogP contribution in [0.15, 0.2) is 65.6 Å². The third-order valence-electron chi connectivity index (χ3n) is 2.91. The SMILES string of the molecule is O=C(C=Cc1ccccc1)Nc1ccccc1S(=O)(=O)C(F)F. The lowest BCUT2D eigenvalue weighted by Gasteiger charge is -2.09. The quantitative estimate of drug-likeness (QED) is 0.851. The molecule has 4 nitrogen and oxygen atoms in total. The summed E-state index contributed by atoms with van der Waals surface area (Å²) in [5.74, 6) is -4.17. The monoisotopic (exact) mass is 337 g/mol. The molecule has 0 atom stereocenters. The summed E-state index contributed by atoms with van der Waals surface area (Å²) < 4.78 is 48.5. The summed E-state index contributed by atoms with van der Waals surface area (Å²) in [4.78, 5) is 11.2. The van der Waals surface area contributed by atoms with Gasteiger partial charge in [0.15, 0.2) is 0 Å². The van der Waals surface area contributed by atoms with Crippen molar-refractivity contribution in [3.05, 3.63) is 66.2 Å². The maximum Gasteiger partial charge on any atom is 0.341 e. The summed E-state index contributed by atoms with van der Waals surface area (Å²) in [6.07, 6.45) is 2.72. The van der Waals surface area contributed by atoms with E-state index in [9.17, 15) is 22.0 Å². The second-order valence-electron chi connectivity index (χ2n) is 4.54. The first-order chi connectivity index (χ1) is 10.9.